The van der Waals surface area contributed by atoms with Gasteiger partial charge in [-0.3, -0.25) is 14.9 Å². The smallest absolute Gasteiger partial charge is 0.324 e. The Balaban J connectivity index is 2.23. The van der Waals surface area contributed by atoms with Crippen LogP contribution in [0.1, 0.15) is 25.7 Å². The number of imide groups is 1. The Bertz CT molecular complexity index is 331. The Kier molecular flexibility index (Phi) is 5.57. The van der Waals surface area contributed by atoms with Crippen LogP contribution in [-0.2, 0) is 14.3 Å². The fraction of sp³-hybridized carbons (Fsp3) is 0.727. The van der Waals surface area contributed by atoms with Crippen molar-refractivity contribution in [2.24, 2.45) is 0 Å². The Morgan fingerprint density at radius 3 is 2.67 bits per heavy atom. The van der Waals surface area contributed by atoms with E-state index in [1.807, 2.05) is 0 Å². The van der Waals surface area contributed by atoms with Gasteiger partial charge in [0.25, 0.3) is 0 Å². The highest BCUT2D eigenvalue weighted by atomic mass is 16.5. The Morgan fingerprint density at radius 1 is 1.39 bits per heavy atom. The van der Waals surface area contributed by atoms with Gasteiger partial charge in [-0.2, -0.15) is 0 Å². The first-order chi connectivity index (χ1) is 8.52. The number of rotatable bonds is 5. The van der Waals surface area contributed by atoms with Crippen LogP contribution in [0.15, 0.2) is 0 Å². The molecule has 1 fully saturated rings. The standard InChI is InChI=1S/C11H18N2O5/c1-18-8-5-6-13(7-8)11(17)12-9(14)3-2-4-10(15)16/h8H,2-7H2,1H3,(H,15,16)(H,12,14,17). The SMILES string of the molecule is COC1CCN(C(=O)NC(=O)CCCC(=O)O)C1. The maximum Gasteiger partial charge on any atom is 0.324 e. The Hall–Kier alpha value is -1.63. The number of aliphatic carboxylic acids is 1. The lowest BCUT2D eigenvalue weighted by Crippen LogP contribution is -2.42. The summed E-state index contributed by atoms with van der Waals surface area (Å²) < 4.78 is 5.12. The second-order valence-corrected chi connectivity index (χ2v) is 4.19. The number of urea groups is 1. The number of amides is 3. The number of carbonyl (C=O) groups excluding carboxylic acids is 2. The minimum Gasteiger partial charge on any atom is -0.481 e. The highest BCUT2D eigenvalue weighted by molar-refractivity contribution is 5.94. The van der Waals surface area contributed by atoms with Gasteiger partial charge in [-0.1, -0.05) is 0 Å². The molecule has 1 heterocycles. The van der Waals surface area contributed by atoms with Crippen LogP contribution in [0.2, 0.25) is 0 Å². The third-order valence-corrected chi connectivity index (χ3v) is 2.81. The summed E-state index contributed by atoms with van der Waals surface area (Å²) in [6, 6.07) is -0.435. The van der Waals surface area contributed by atoms with Crippen LogP contribution in [0, 0.1) is 0 Å². The zero-order valence-electron chi connectivity index (χ0n) is 10.3. The molecule has 7 nitrogen and oxygen atoms in total. The van der Waals surface area contributed by atoms with E-state index in [4.69, 9.17) is 9.84 Å². The van der Waals surface area contributed by atoms with Gasteiger partial charge in [-0.05, 0) is 12.8 Å². The molecular weight excluding hydrogens is 240 g/mol. The van der Waals surface area contributed by atoms with Crippen LogP contribution < -0.4 is 5.32 Å². The number of carboxylic acid groups (broad SMARTS) is 1. The van der Waals surface area contributed by atoms with E-state index in [2.05, 4.69) is 5.32 Å². The van der Waals surface area contributed by atoms with E-state index in [9.17, 15) is 14.4 Å². The molecule has 102 valence electrons. The van der Waals surface area contributed by atoms with Gasteiger partial charge in [0.2, 0.25) is 5.91 Å². The van der Waals surface area contributed by atoms with Gasteiger partial charge in [0.1, 0.15) is 0 Å². The third-order valence-electron chi connectivity index (χ3n) is 2.81. The minimum absolute atomic E-state index is 0.0258. The minimum atomic E-state index is -0.948. The molecule has 1 unspecified atom stereocenters. The number of carbonyl (C=O) groups is 3. The molecule has 3 amide bonds. The topological polar surface area (TPSA) is 95.9 Å². The third kappa shape index (κ3) is 4.70. The molecule has 0 aliphatic carbocycles. The molecule has 1 aliphatic heterocycles. The van der Waals surface area contributed by atoms with Crippen LogP contribution in [0.3, 0.4) is 0 Å². The number of methoxy groups -OCH3 is 1. The summed E-state index contributed by atoms with van der Waals surface area (Å²) in [6.45, 7) is 1.04. The van der Waals surface area contributed by atoms with Gasteiger partial charge in [0.05, 0.1) is 6.10 Å². The molecule has 1 aliphatic rings. The zero-order valence-corrected chi connectivity index (χ0v) is 10.3. The summed E-state index contributed by atoms with van der Waals surface area (Å²) in [4.78, 5) is 34.8. The van der Waals surface area contributed by atoms with E-state index in [-0.39, 0.29) is 25.4 Å². The van der Waals surface area contributed by atoms with Gasteiger partial charge in [-0.15, -0.1) is 0 Å². The highest BCUT2D eigenvalue weighted by Gasteiger charge is 2.26. The molecule has 1 saturated heterocycles. The molecule has 0 spiro atoms. The van der Waals surface area contributed by atoms with Crippen LogP contribution in [0.25, 0.3) is 0 Å². The van der Waals surface area contributed by atoms with Crippen molar-refractivity contribution in [2.45, 2.75) is 31.8 Å². The molecule has 1 rings (SSSR count). The maximum atomic E-state index is 11.6. The van der Waals surface area contributed by atoms with Crippen LogP contribution >= 0.6 is 0 Å². The molecule has 0 aromatic heterocycles. The molecular formula is C11H18N2O5. The van der Waals surface area contributed by atoms with Gasteiger partial charge in [0, 0.05) is 33.0 Å². The first-order valence-electron chi connectivity index (χ1n) is 5.86. The van der Waals surface area contributed by atoms with Crippen molar-refractivity contribution in [3.63, 3.8) is 0 Å². The molecule has 0 aromatic carbocycles. The molecule has 0 saturated carbocycles. The largest absolute Gasteiger partial charge is 0.481 e. The zero-order chi connectivity index (χ0) is 13.5. The monoisotopic (exact) mass is 258 g/mol. The van der Waals surface area contributed by atoms with Gasteiger partial charge >= 0.3 is 12.0 Å². The molecule has 0 bridgehead atoms. The van der Waals surface area contributed by atoms with E-state index >= 15 is 0 Å². The summed E-state index contributed by atoms with van der Waals surface area (Å²) in [7, 11) is 1.59. The second-order valence-electron chi connectivity index (χ2n) is 4.19. The van der Waals surface area contributed by atoms with Crippen molar-refractivity contribution in [3.8, 4) is 0 Å². The van der Waals surface area contributed by atoms with E-state index in [0.717, 1.165) is 6.42 Å². The first kappa shape index (κ1) is 14.4. The van der Waals surface area contributed by atoms with E-state index in [1.165, 1.54) is 4.90 Å². The lowest BCUT2D eigenvalue weighted by atomic mass is 10.2. The lowest BCUT2D eigenvalue weighted by Gasteiger charge is -2.16. The molecule has 1 atom stereocenters. The van der Waals surface area contributed by atoms with E-state index in [1.54, 1.807) is 7.11 Å². The summed E-state index contributed by atoms with van der Waals surface area (Å²) in [5, 5.41) is 10.7. The molecule has 2 N–H and O–H groups in total. The number of nitrogens with zero attached hydrogens (tertiary/aromatic N) is 1. The van der Waals surface area contributed by atoms with Crippen molar-refractivity contribution >= 4 is 17.9 Å². The number of hydrogen-bond acceptors (Lipinski definition) is 4. The normalized spacial score (nSPS) is 18.7. The molecule has 0 aromatic rings. The average molecular weight is 258 g/mol. The average Bonchev–Trinajstić information content (AvgIpc) is 2.76. The predicted molar refractivity (Wildman–Crippen MR) is 62.0 cm³/mol. The van der Waals surface area contributed by atoms with Gasteiger partial charge in [-0.25, -0.2) is 4.79 Å². The fourth-order valence-electron chi connectivity index (χ4n) is 1.77. The van der Waals surface area contributed by atoms with Crippen molar-refractivity contribution < 1.29 is 24.2 Å². The van der Waals surface area contributed by atoms with Crippen molar-refractivity contribution in [1.82, 2.24) is 10.2 Å². The first-order valence-corrected chi connectivity index (χ1v) is 5.86. The number of ether oxygens (including phenoxy) is 1. The molecule has 18 heavy (non-hydrogen) atoms. The summed E-state index contributed by atoms with van der Waals surface area (Å²) in [5.74, 6) is -1.39. The fourth-order valence-corrected chi connectivity index (χ4v) is 1.77. The quantitative estimate of drug-likeness (QED) is 0.734. The Labute approximate surface area is 105 Å². The summed E-state index contributed by atoms with van der Waals surface area (Å²) >= 11 is 0. The number of hydrogen-bond donors (Lipinski definition) is 2. The summed E-state index contributed by atoms with van der Waals surface area (Å²) in [5.41, 5.74) is 0. The number of nitrogens with one attached hydrogen (secondary N) is 1. The van der Waals surface area contributed by atoms with Crippen molar-refractivity contribution in [3.05, 3.63) is 0 Å². The Morgan fingerprint density at radius 2 is 2.11 bits per heavy atom. The van der Waals surface area contributed by atoms with Crippen LogP contribution in [0.4, 0.5) is 4.79 Å². The molecule has 0 radical (unpaired) electrons. The van der Waals surface area contributed by atoms with Crippen molar-refractivity contribution in [2.75, 3.05) is 20.2 Å². The van der Waals surface area contributed by atoms with E-state index < -0.39 is 17.9 Å². The highest BCUT2D eigenvalue weighted by Crippen LogP contribution is 2.11. The van der Waals surface area contributed by atoms with Crippen molar-refractivity contribution in [1.29, 1.82) is 0 Å². The second kappa shape index (κ2) is 6.95. The van der Waals surface area contributed by atoms with Crippen LogP contribution in [-0.4, -0.2) is 54.2 Å². The number of carboxylic acids is 1. The lowest BCUT2D eigenvalue weighted by molar-refractivity contribution is -0.137. The van der Waals surface area contributed by atoms with Gasteiger partial charge in [0.15, 0.2) is 0 Å². The molecule has 7 heteroatoms. The van der Waals surface area contributed by atoms with E-state index in [0.29, 0.717) is 13.1 Å². The number of likely N-dealkylation sites (tertiary alicyclic amines) is 1. The predicted octanol–water partition coefficient (Wildman–Crippen LogP) is 0.198. The summed E-state index contributed by atoms with van der Waals surface area (Å²) in [6.07, 6.45) is 0.987. The van der Waals surface area contributed by atoms with Crippen LogP contribution in [0.5, 0.6) is 0 Å². The maximum absolute atomic E-state index is 11.6. The van der Waals surface area contributed by atoms with Gasteiger partial charge < -0.3 is 14.7 Å².